The molecule has 26 heavy (non-hydrogen) atoms. The normalized spacial score (nSPS) is 18.8. The van der Waals surface area contributed by atoms with E-state index in [2.05, 4.69) is 45.0 Å². The molecule has 3 aromatic heterocycles. The molecule has 1 aliphatic carbocycles. The minimum absolute atomic E-state index is 0.205. The van der Waals surface area contributed by atoms with E-state index >= 15 is 0 Å². The van der Waals surface area contributed by atoms with E-state index in [1.54, 1.807) is 0 Å². The Hall–Kier alpha value is -2.69. The Morgan fingerprint density at radius 2 is 2.04 bits per heavy atom. The molecule has 0 unspecified atom stereocenters. The van der Waals surface area contributed by atoms with Gasteiger partial charge in [0.1, 0.15) is 5.65 Å². The smallest absolute Gasteiger partial charge is 0.223 e. The van der Waals surface area contributed by atoms with Gasteiger partial charge < -0.3 is 9.88 Å². The molecule has 134 valence electrons. The van der Waals surface area contributed by atoms with Crippen molar-refractivity contribution in [1.82, 2.24) is 19.9 Å². The zero-order chi connectivity index (χ0) is 18.1. The van der Waals surface area contributed by atoms with Crippen LogP contribution < -0.4 is 5.32 Å². The van der Waals surface area contributed by atoms with E-state index in [0.29, 0.717) is 12.5 Å². The Bertz CT molecular complexity index is 946. The van der Waals surface area contributed by atoms with Crippen molar-refractivity contribution in [2.75, 3.05) is 6.54 Å². The van der Waals surface area contributed by atoms with Gasteiger partial charge in [-0.05, 0) is 56.0 Å². The molecular weight excluding hydrogens is 324 g/mol. The van der Waals surface area contributed by atoms with E-state index in [9.17, 15) is 4.79 Å². The van der Waals surface area contributed by atoms with E-state index in [4.69, 9.17) is 0 Å². The highest BCUT2D eigenvalue weighted by Crippen LogP contribution is 2.37. The van der Waals surface area contributed by atoms with Gasteiger partial charge in [0, 0.05) is 48.0 Å². The van der Waals surface area contributed by atoms with Gasteiger partial charge in [-0.25, -0.2) is 4.98 Å². The number of fused-ring (bicyclic) bond motifs is 1. The Labute approximate surface area is 153 Å². The number of nitrogens with one attached hydrogen (secondary N) is 1. The van der Waals surface area contributed by atoms with E-state index in [1.807, 2.05) is 31.5 Å². The molecule has 1 saturated carbocycles. The van der Waals surface area contributed by atoms with Crippen LogP contribution in [0.2, 0.25) is 0 Å². The predicted octanol–water partition coefficient (Wildman–Crippen LogP) is 3.57. The summed E-state index contributed by atoms with van der Waals surface area (Å²) in [6, 6.07) is 10.3. The van der Waals surface area contributed by atoms with Crippen molar-refractivity contribution in [3.63, 3.8) is 0 Å². The largest absolute Gasteiger partial charge is 0.356 e. The van der Waals surface area contributed by atoms with Crippen LogP contribution in [0.3, 0.4) is 0 Å². The van der Waals surface area contributed by atoms with Crippen LogP contribution in [-0.2, 0) is 11.3 Å². The van der Waals surface area contributed by atoms with Gasteiger partial charge in [-0.3, -0.25) is 9.78 Å². The minimum atomic E-state index is 0.205. The number of aryl methyl sites for hydroxylation is 2. The Balaban J connectivity index is 1.54. The van der Waals surface area contributed by atoms with Gasteiger partial charge in [0.2, 0.25) is 5.91 Å². The molecule has 3 aromatic rings. The van der Waals surface area contributed by atoms with Crippen LogP contribution in [0, 0.1) is 18.8 Å². The standard InChI is InChI=1S/C21H24N4O/c1-14-12-18(14)21(26)24-10-5-11-25-19(17-7-4-8-22-15(17)2)13-16-6-3-9-23-20(16)25/h3-4,6-9,13-14,18H,5,10-12H2,1-2H3,(H,24,26)/t14-,18+/m1/s1. The van der Waals surface area contributed by atoms with Gasteiger partial charge in [-0.1, -0.05) is 6.92 Å². The molecule has 1 aliphatic rings. The first-order valence-electron chi connectivity index (χ1n) is 9.29. The van der Waals surface area contributed by atoms with Gasteiger partial charge in [0.05, 0.1) is 5.69 Å². The van der Waals surface area contributed by atoms with Crippen molar-refractivity contribution in [1.29, 1.82) is 0 Å². The molecule has 0 saturated heterocycles. The molecule has 1 fully saturated rings. The highest BCUT2D eigenvalue weighted by Gasteiger charge is 2.38. The van der Waals surface area contributed by atoms with E-state index in [1.165, 1.54) is 0 Å². The van der Waals surface area contributed by atoms with Gasteiger partial charge in [-0.2, -0.15) is 0 Å². The zero-order valence-electron chi connectivity index (χ0n) is 15.3. The molecule has 2 atom stereocenters. The Morgan fingerprint density at radius 3 is 2.81 bits per heavy atom. The third-order valence-electron chi connectivity index (χ3n) is 5.24. The van der Waals surface area contributed by atoms with E-state index in [0.717, 1.165) is 47.4 Å². The lowest BCUT2D eigenvalue weighted by atomic mass is 10.1. The summed E-state index contributed by atoms with van der Waals surface area (Å²) in [7, 11) is 0. The summed E-state index contributed by atoms with van der Waals surface area (Å²) < 4.78 is 2.24. The molecule has 0 radical (unpaired) electrons. The van der Waals surface area contributed by atoms with Crippen molar-refractivity contribution >= 4 is 16.9 Å². The molecule has 5 nitrogen and oxygen atoms in total. The van der Waals surface area contributed by atoms with Crippen molar-refractivity contribution in [2.45, 2.75) is 33.2 Å². The lowest BCUT2D eigenvalue weighted by Gasteiger charge is -2.12. The van der Waals surface area contributed by atoms with Crippen LogP contribution >= 0.6 is 0 Å². The lowest BCUT2D eigenvalue weighted by Crippen LogP contribution is -2.27. The average molecular weight is 348 g/mol. The molecule has 0 aliphatic heterocycles. The van der Waals surface area contributed by atoms with Crippen LogP contribution in [0.1, 0.15) is 25.5 Å². The van der Waals surface area contributed by atoms with Gasteiger partial charge in [0.25, 0.3) is 0 Å². The summed E-state index contributed by atoms with van der Waals surface area (Å²) in [5.41, 5.74) is 4.24. The third kappa shape index (κ3) is 3.21. The van der Waals surface area contributed by atoms with Gasteiger partial charge >= 0.3 is 0 Å². The molecular formula is C21H24N4O. The first kappa shape index (κ1) is 16.8. The maximum atomic E-state index is 12.0. The minimum Gasteiger partial charge on any atom is -0.356 e. The van der Waals surface area contributed by atoms with Crippen LogP contribution in [-0.4, -0.2) is 27.0 Å². The number of amides is 1. The first-order chi connectivity index (χ1) is 12.6. The maximum absolute atomic E-state index is 12.0. The second-order valence-corrected chi connectivity index (χ2v) is 7.20. The van der Waals surface area contributed by atoms with Crippen LogP contribution in [0.4, 0.5) is 0 Å². The molecule has 0 bridgehead atoms. The maximum Gasteiger partial charge on any atom is 0.223 e. The Morgan fingerprint density at radius 1 is 1.27 bits per heavy atom. The molecule has 0 aromatic carbocycles. The van der Waals surface area contributed by atoms with Crippen molar-refractivity contribution in [3.8, 4) is 11.3 Å². The molecule has 5 heteroatoms. The number of aromatic nitrogens is 3. The van der Waals surface area contributed by atoms with E-state index in [-0.39, 0.29) is 11.8 Å². The summed E-state index contributed by atoms with van der Waals surface area (Å²) in [5, 5.41) is 4.20. The molecule has 4 rings (SSSR count). The monoisotopic (exact) mass is 348 g/mol. The fourth-order valence-electron chi connectivity index (χ4n) is 3.56. The molecule has 0 spiro atoms. The number of pyridine rings is 2. The number of carbonyl (C=O) groups excluding carboxylic acids is 1. The highest BCUT2D eigenvalue weighted by atomic mass is 16.2. The van der Waals surface area contributed by atoms with Crippen LogP contribution in [0.15, 0.2) is 42.7 Å². The van der Waals surface area contributed by atoms with Crippen LogP contribution in [0.25, 0.3) is 22.3 Å². The first-order valence-corrected chi connectivity index (χ1v) is 9.29. The number of rotatable bonds is 6. The lowest BCUT2D eigenvalue weighted by molar-refractivity contribution is -0.122. The second-order valence-electron chi connectivity index (χ2n) is 7.20. The predicted molar refractivity (Wildman–Crippen MR) is 103 cm³/mol. The van der Waals surface area contributed by atoms with Gasteiger partial charge in [0.15, 0.2) is 0 Å². The summed E-state index contributed by atoms with van der Waals surface area (Å²) in [6.45, 7) is 5.66. The van der Waals surface area contributed by atoms with Crippen molar-refractivity contribution in [3.05, 3.63) is 48.4 Å². The number of nitrogens with zero attached hydrogens (tertiary/aromatic N) is 3. The van der Waals surface area contributed by atoms with Gasteiger partial charge in [-0.15, -0.1) is 0 Å². The summed E-state index contributed by atoms with van der Waals surface area (Å²) in [4.78, 5) is 21.0. The highest BCUT2D eigenvalue weighted by molar-refractivity contribution is 5.84. The fourth-order valence-corrected chi connectivity index (χ4v) is 3.56. The van der Waals surface area contributed by atoms with Crippen LogP contribution in [0.5, 0.6) is 0 Å². The molecule has 3 heterocycles. The number of hydrogen-bond donors (Lipinski definition) is 1. The third-order valence-corrected chi connectivity index (χ3v) is 5.24. The number of carbonyl (C=O) groups is 1. The molecule has 1 amide bonds. The van der Waals surface area contributed by atoms with E-state index < -0.39 is 0 Å². The summed E-state index contributed by atoms with van der Waals surface area (Å²) in [5.74, 6) is 0.988. The quantitative estimate of drug-likeness (QED) is 0.693. The summed E-state index contributed by atoms with van der Waals surface area (Å²) in [6.07, 6.45) is 5.55. The fraction of sp³-hybridized carbons (Fsp3) is 0.381. The summed E-state index contributed by atoms with van der Waals surface area (Å²) >= 11 is 0. The zero-order valence-corrected chi connectivity index (χ0v) is 15.3. The molecule has 1 N–H and O–H groups in total. The van der Waals surface area contributed by atoms with Crippen molar-refractivity contribution < 1.29 is 4.79 Å². The SMILES string of the molecule is Cc1ncccc1-c1cc2cccnc2n1CCCNC(=O)[C@H]1C[C@H]1C. The average Bonchev–Trinajstić information content (AvgIpc) is 3.27. The number of hydrogen-bond acceptors (Lipinski definition) is 3. The Kier molecular flexibility index (Phi) is 4.45. The topological polar surface area (TPSA) is 59.8 Å². The van der Waals surface area contributed by atoms with Crippen molar-refractivity contribution in [2.24, 2.45) is 11.8 Å². The second kappa shape index (κ2) is 6.90.